The Labute approximate surface area is 112 Å². The number of benzene rings is 2. The minimum atomic E-state index is -1.16. The molecule has 0 unspecified atom stereocenters. The molecule has 0 aliphatic carbocycles. The van der Waals surface area contributed by atoms with Gasteiger partial charge in [-0.15, -0.1) is 0 Å². The van der Waals surface area contributed by atoms with Crippen LogP contribution >= 0.6 is 0 Å². The summed E-state index contributed by atoms with van der Waals surface area (Å²) < 4.78 is 0. The quantitative estimate of drug-likeness (QED) is 0.275. The lowest BCUT2D eigenvalue weighted by atomic mass is 9.99. The normalized spacial score (nSPS) is 10.4. The highest BCUT2D eigenvalue weighted by molar-refractivity contribution is 6.15. The van der Waals surface area contributed by atoms with E-state index in [1.54, 1.807) is 0 Å². The maximum Gasteiger partial charge on any atom is 0.208 e. The van der Waals surface area contributed by atoms with Crippen LogP contribution in [-0.2, 0) is 0 Å². The number of ketones is 1. The Bertz CT molecular complexity index is 677. The molecule has 20 heavy (non-hydrogen) atoms. The van der Waals surface area contributed by atoms with Crippen LogP contribution < -0.4 is 0 Å². The molecule has 7 heteroatoms. The summed E-state index contributed by atoms with van der Waals surface area (Å²) in [4.78, 5) is 12.1. The molecule has 0 spiro atoms. The van der Waals surface area contributed by atoms with Gasteiger partial charge in [0.15, 0.2) is 11.5 Å². The first-order valence-electron chi connectivity index (χ1n) is 5.37. The lowest BCUT2D eigenvalue weighted by molar-refractivity contribution is 0.102. The van der Waals surface area contributed by atoms with Crippen molar-refractivity contribution >= 4 is 5.78 Å². The molecular formula is C13H10O7. The minimum Gasteiger partial charge on any atom is -0.507 e. The van der Waals surface area contributed by atoms with Crippen molar-refractivity contribution in [1.82, 2.24) is 0 Å². The standard InChI is InChI=1S/C13H10O7/c14-6-4-2-1-3-5(6)8(15)7-9(16)11(18)13(20)12(19)10(7)17/h1-4,14,16-20H. The van der Waals surface area contributed by atoms with Gasteiger partial charge in [0.2, 0.25) is 23.0 Å². The van der Waals surface area contributed by atoms with Crippen LogP contribution in [0.4, 0.5) is 0 Å². The zero-order valence-corrected chi connectivity index (χ0v) is 9.90. The van der Waals surface area contributed by atoms with E-state index in [9.17, 15) is 35.4 Å². The van der Waals surface area contributed by atoms with E-state index in [2.05, 4.69) is 0 Å². The summed E-state index contributed by atoms with van der Waals surface area (Å²) in [5.41, 5.74) is -1.10. The number of phenols is 6. The van der Waals surface area contributed by atoms with E-state index in [1.165, 1.54) is 24.3 Å². The highest BCUT2D eigenvalue weighted by Gasteiger charge is 2.29. The van der Waals surface area contributed by atoms with Crippen LogP contribution in [0.5, 0.6) is 34.5 Å². The monoisotopic (exact) mass is 278 g/mol. The van der Waals surface area contributed by atoms with Gasteiger partial charge < -0.3 is 30.6 Å². The number of aromatic hydroxyl groups is 6. The van der Waals surface area contributed by atoms with Crippen LogP contribution in [0.15, 0.2) is 24.3 Å². The molecule has 0 saturated carbocycles. The number of carbonyl (C=O) groups is 1. The largest absolute Gasteiger partial charge is 0.507 e. The van der Waals surface area contributed by atoms with Crippen LogP contribution in [0.1, 0.15) is 15.9 Å². The lowest BCUT2D eigenvalue weighted by Crippen LogP contribution is -2.03. The Morgan fingerprint density at radius 1 is 0.700 bits per heavy atom. The fourth-order valence-corrected chi connectivity index (χ4v) is 1.70. The Kier molecular flexibility index (Phi) is 3.03. The van der Waals surface area contributed by atoms with E-state index in [-0.39, 0.29) is 5.56 Å². The third-order valence-electron chi connectivity index (χ3n) is 2.75. The minimum absolute atomic E-state index is 0.261. The summed E-state index contributed by atoms with van der Waals surface area (Å²) in [6, 6.07) is 5.32. The molecule has 7 nitrogen and oxygen atoms in total. The van der Waals surface area contributed by atoms with Crippen LogP contribution in [0.2, 0.25) is 0 Å². The first kappa shape index (κ1) is 13.3. The summed E-state index contributed by atoms with van der Waals surface area (Å²) in [6.07, 6.45) is 0. The zero-order valence-electron chi connectivity index (χ0n) is 9.90. The molecule has 0 aliphatic rings. The van der Waals surface area contributed by atoms with Crippen molar-refractivity contribution in [2.75, 3.05) is 0 Å². The van der Waals surface area contributed by atoms with Crippen molar-refractivity contribution in [2.45, 2.75) is 0 Å². The van der Waals surface area contributed by atoms with Crippen LogP contribution in [-0.4, -0.2) is 36.4 Å². The van der Waals surface area contributed by atoms with Gasteiger partial charge in [0.05, 0.1) is 5.56 Å². The summed E-state index contributed by atoms with van der Waals surface area (Å²) in [6.45, 7) is 0. The predicted octanol–water partition coefficient (Wildman–Crippen LogP) is 1.15. The Balaban J connectivity index is 2.71. The van der Waals surface area contributed by atoms with Gasteiger partial charge in [-0.2, -0.15) is 0 Å². The van der Waals surface area contributed by atoms with Gasteiger partial charge in [-0.1, -0.05) is 12.1 Å². The summed E-state index contributed by atoms with van der Waals surface area (Å²) in [5, 5.41) is 56.8. The molecule has 6 N–H and O–H groups in total. The van der Waals surface area contributed by atoms with Crippen LogP contribution in [0.3, 0.4) is 0 Å². The molecule has 2 aromatic rings. The highest BCUT2D eigenvalue weighted by atomic mass is 16.4. The van der Waals surface area contributed by atoms with E-state index in [0.29, 0.717) is 0 Å². The number of carbonyl (C=O) groups excluding carboxylic acids is 1. The third kappa shape index (κ3) is 1.81. The second-order valence-corrected chi connectivity index (χ2v) is 3.96. The third-order valence-corrected chi connectivity index (χ3v) is 2.75. The molecule has 0 radical (unpaired) electrons. The van der Waals surface area contributed by atoms with Gasteiger partial charge in [-0.25, -0.2) is 0 Å². The van der Waals surface area contributed by atoms with Gasteiger partial charge in [0.1, 0.15) is 11.3 Å². The van der Waals surface area contributed by atoms with Crippen molar-refractivity contribution in [2.24, 2.45) is 0 Å². The second-order valence-electron chi connectivity index (χ2n) is 3.96. The van der Waals surface area contributed by atoms with E-state index in [1.807, 2.05) is 0 Å². The summed E-state index contributed by atoms with van der Waals surface area (Å²) >= 11 is 0. The first-order chi connectivity index (χ1) is 9.36. The molecule has 0 fully saturated rings. The molecule has 0 atom stereocenters. The summed E-state index contributed by atoms with van der Waals surface area (Å²) in [7, 11) is 0. The Hall–Kier alpha value is -3.09. The fourth-order valence-electron chi connectivity index (χ4n) is 1.70. The maximum absolute atomic E-state index is 12.1. The second kappa shape index (κ2) is 4.54. The summed E-state index contributed by atoms with van der Waals surface area (Å²) in [5.74, 6) is -7.13. The molecule has 0 heterocycles. The first-order valence-corrected chi connectivity index (χ1v) is 5.37. The molecule has 0 aliphatic heterocycles. The highest BCUT2D eigenvalue weighted by Crippen LogP contribution is 2.51. The maximum atomic E-state index is 12.1. The van der Waals surface area contributed by atoms with Gasteiger partial charge in [-0.3, -0.25) is 4.79 Å². The number of para-hydroxylation sites is 1. The smallest absolute Gasteiger partial charge is 0.208 e. The molecular weight excluding hydrogens is 268 g/mol. The van der Waals surface area contributed by atoms with Crippen molar-refractivity contribution in [3.05, 3.63) is 35.4 Å². The van der Waals surface area contributed by atoms with Crippen molar-refractivity contribution < 1.29 is 35.4 Å². The number of hydrogen-bond acceptors (Lipinski definition) is 7. The van der Waals surface area contributed by atoms with E-state index in [4.69, 9.17) is 0 Å². The Morgan fingerprint density at radius 3 is 1.65 bits per heavy atom. The fraction of sp³-hybridized carbons (Fsp3) is 0. The van der Waals surface area contributed by atoms with Crippen molar-refractivity contribution in [1.29, 1.82) is 0 Å². The molecule has 0 saturated heterocycles. The van der Waals surface area contributed by atoms with Crippen molar-refractivity contribution in [3.8, 4) is 34.5 Å². The topological polar surface area (TPSA) is 138 Å². The molecule has 0 aromatic heterocycles. The van der Waals surface area contributed by atoms with Gasteiger partial charge in [0.25, 0.3) is 0 Å². The average molecular weight is 278 g/mol. The number of rotatable bonds is 2. The van der Waals surface area contributed by atoms with E-state index in [0.717, 1.165) is 0 Å². The Morgan fingerprint density at radius 2 is 1.15 bits per heavy atom. The molecule has 2 aromatic carbocycles. The SMILES string of the molecule is O=C(c1ccccc1O)c1c(O)c(O)c(O)c(O)c1O. The average Bonchev–Trinajstić information content (AvgIpc) is 2.43. The predicted molar refractivity (Wildman–Crippen MR) is 66.3 cm³/mol. The van der Waals surface area contributed by atoms with Crippen LogP contribution in [0.25, 0.3) is 0 Å². The van der Waals surface area contributed by atoms with E-state index >= 15 is 0 Å². The molecule has 2 rings (SSSR count). The van der Waals surface area contributed by atoms with E-state index < -0.39 is 45.8 Å². The van der Waals surface area contributed by atoms with Gasteiger partial charge in [0, 0.05) is 0 Å². The number of hydrogen-bond donors (Lipinski definition) is 6. The lowest BCUT2D eigenvalue weighted by Gasteiger charge is -2.12. The van der Waals surface area contributed by atoms with Crippen molar-refractivity contribution in [3.63, 3.8) is 0 Å². The zero-order chi connectivity index (χ0) is 15.0. The van der Waals surface area contributed by atoms with Gasteiger partial charge in [-0.05, 0) is 12.1 Å². The molecule has 104 valence electrons. The molecule has 0 bridgehead atoms. The number of phenolic OH excluding ortho intramolecular Hbond substituents is 6. The van der Waals surface area contributed by atoms with Crippen LogP contribution in [0, 0.1) is 0 Å². The molecule has 0 amide bonds. The van der Waals surface area contributed by atoms with Gasteiger partial charge >= 0.3 is 0 Å².